The van der Waals surface area contributed by atoms with E-state index in [1.807, 2.05) is 0 Å². The van der Waals surface area contributed by atoms with Gasteiger partial charge in [-0.1, -0.05) is 38.4 Å². The fraction of sp³-hybridized carbons (Fsp3) is 0.462. The Labute approximate surface area is 209 Å². The van der Waals surface area contributed by atoms with E-state index in [9.17, 15) is 14.4 Å². The molecule has 3 aromatic rings. The van der Waals surface area contributed by atoms with Gasteiger partial charge in [0.15, 0.2) is 5.82 Å². The number of pyridine rings is 1. The number of halogens is 2. The molecule has 1 aliphatic rings. The molecule has 1 aromatic carbocycles. The number of benzene rings is 1. The van der Waals surface area contributed by atoms with Crippen molar-refractivity contribution in [2.45, 2.75) is 58.2 Å². The molecule has 0 amide bonds. The van der Waals surface area contributed by atoms with Crippen molar-refractivity contribution in [1.29, 1.82) is 5.26 Å². The first kappa shape index (κ1) is 25.1. The Bertz CT molecular complexity index is 1340. The highest BCUT2D eigenvalue weighted by Crippen LogP contribution is 2.36. The first-order valence-corrected chi connectivity index (χ1v) is 12.5. The third-order valence-electron chi connectivity index (χ3n) is 7.11. The van der Waals surface area contributed by atoms with Crippen LogP contribution in [-0.2, 0) is 7.05 Å². The molecule has 2 unspecified atom stereocenters. The normalized spacial score (nSPS) is 19.6. The molecular weight excluding hydrogens is 467 g/mol. The molecule has 9 heteroatoms. The van der Waals surface area contributed by atoms with Crippen LogP contribution in [0.4, 0.5) is 10.2 Å². The lowest BCUT2D eigenvalue weighted by Crippen LogP contribution is -2.59. The van der Waals surface area contributed by atoms with Crippen LogP contribution in [-0.4, -0.2) is 44.6 Å². The van der Waals surface area contributed by atoms with E-state index >= 15 is 0 Å². The molecule has 1 aliphatic heterocycles. The van der Waals surface area contributed by atoms with Crippen LogP contribution in [0.2, 0.25) is 5.02 Å². The van der Waals surface area contributed by atoms with Gasteiger partial charge in [0, 0.05) is 48.8 Å². The van der Waals surface area contributed by atoms with Crippen LogP contribution in [0.3, 0.4) is 0 Å². The van der Waals surface area contributed by atoms with Crippen LogP contribution >= 0.6 is 11.6 Å². The zero-order valence-corrected chi connectivity index (χ0v) is 21.3. The van der Waals surface area contributed by atoms with Crippen molar-refractivity contribution in [3.63, 3.8) is 0 Å². The van der Waals surface area contributed by atoms with Crippen molar-refractivity contribution < 1.29 is 4.39 Å². The third-order valence-corrected chi connectivity index (χ3v) is 7.35. The minimum Gasteiger partial charge on any atom is -0.349 e. The number of nitriles is 1. The molecule has 0 saturated carbocycles. The number of piperazine rings is 1. The molecule has 0 aliphatic carbocycles. The lowest BCUT2D eigenvalue weighted by Gasteiger charge is -2.49. The van der Waals surface area contributed by atoms with Gasteiger partial charge in [-0.25, -0.2) is 14.2 Å². The summed E-state index contributed by atoms with van der Waals surface area (Å²) in [7, 11) is 1.66. The second-order valence-electron chi connectivity index (χ2n) is 9.02. The Morgan fingerprint density at radius 3 is 2.51 bits per heavy atom. The Morgan fingerprint density at radius 1 is 1.14 bits per heavy atom. The number of aromatic nitrogens is 3. The van der Waals surface area contributed by atoms with E-state index in [0.717, 1.165) is 19.3 Å². The highest BCUT2D eigenvalue weighted by molar-refractivity contribution is 6.30. The molecule has 0 bridgehead atoms. The highest BCUT2D eigenvalue weighted by atomic mass is 35.5. The van der Waals surface area contributed by atoms with Gasteiger partial charge in [-0.15, -0.1) is 0 Å². The maximum atomic E-state index is 14.9. The van der Waals surface area contributed by atoms with Gasteiger partial charge < -0.3 is 4.90 Å². The van der Waals surface area contributed by atoms with Gasteiger partial charge in [0.25, 0.3) is 0 Å². The first-order valence-electron chi connectivity index (χ1n) is 12.1. The molecule has 0 spiro atoms. The van der Waals surface area contributed by atoms with Gasteiger partial charge in [-0.3, -0.25) is 9.47 Å². The summed E-state index contributed by atoms with van der Waals surface area (Å²) in [6, 6.07) is 10.4. The molecule has 4 rings (SSSR count). The molecule has 0 radical (unpaired) electrons. The van der Waals surface area contributed by atoms with Crippen LogP contribution in [0.15, 0.2) is 35.1 Å². The summed E-state index contributed by atoms with van der Waals surface area (Å²) in [5.41, 5.74) is 1.75. The summed E-state index contributed by atoms with van der Waals surface area (Å²) in [6.45, 7) is 7.60. The van der Waals surface area contributed by atoms with E-state index in [4.69, 9.17) is 11.6 Å². The molecule has 3 atom stereocenters. The van der Waals surface area contributed by atoms with Gasteiger partial charge in [-0.05, 0) is 43.5 Å². The smallest absolute Gasteiger partial charge is 0.349 e. The average Bonchev–Trinajstić information content (AvgIpc) is 2.87. The second-order valence-corrected chi connectivity index (χ2v) is 9.45. The van der Waals surface area contributed by atoms with Crippen molar-refractivity contribution in [2.24, 2.45) is 7.05 Å². The summed E-state index contributed by atoms with van der Waals surface area (Å²) in [5.74, 6) is 0.220. The van der Waals surface area contributed by atoms with E-state index in [-0.39, 0.29) is 35.3 Å². The fourth-order valence-electron chi connectivity index (χ4n) is 5.20. The van der Waals surface area contributed by atoms with Crippen LogP contribution in [0.1, 0.15) is 57.3 Å². The van der Waals surface area contributed by atoms with Crippen molar-refractivity contribution in [3.8, 4) is 6.07 Å². The Kier molecular flexibility index (Phi) is 7.39. The zero-order valence-electron chi connectivity index (χ0n) is 20.5. The number of fused-ring (bicyclic) bond motifs is 1. The predicted octanol–water partition coefficient (Wildman–Crippen LogP) is 4.82. The first-order chi connectivity index (χ1) is 16.8. The summed E-state index contributed by atoms with van der Waals surface area (Å²) in [6.07, 6.45) is 2.41. The molecule has 1 fully saturated rings. The quantitative estimate of drug-likeness (QED) is 0.486. The number of hydrogen-bond acceptors (Lipinski definition) is 6. The van der Waals surface area contributed by atoms with Crippen LogP contribution in [0.5, 0.6) is 0 Å². The van der Waals surface area contributed by atoms with Crippen molar-refractivity contribution in [2.75, 3.05) is 18.0 Å². The number of aryl methyl sites for hydroxylation is 1. The largest absolute Gasteiger partial charge is 0.349 e. The van der Waals surface area contributed by atoms with Crippen LogP contribution < -0.4 is 10.6 Å². The van der Waals surface area contributed by atoms with E-state index in [0.29, 0.717) is 40.5 Å². The molecule has 7 nitrogen and oxygen atoms in total. The summed E-state index contributed by atoms with van der Waals surface area (Å²) in [4.78, 5) is 26.2. The third kappa shape index (κ3) is 4.63. The van der Waals surface area contributed by atoms with E-state index in [1.54, 1.807) is 31.3 Å². The Hall–Kier alpha value is -3.02. The molecule has 1 saturated heterocycles. The lowest BCUT2D eigenvalue weighted by atomic mass is 9.94. The van der Waals surface area contributed by atoms with E-state index in [1.165, 1.54) is 10.6 Å². The van der Waals surface area contributed by atoms with Crippen LogP contribution in [0, 0.1) is 17.1 Å². The maximum Gasteiger partial charge on any atom is 0.349 e. The van der Waals surface area contributed by atoms with Crippen molar-refractivity contribution in [1.82, 2.24) is 19.4 Å². The maximum absolute atomic E-state index is 14.9. The van der Waals surface area contributed by atoms with E-state index in [2.05, 4.69) is 46.6 Å². The molecule has 35 heavy (non-hydrogen) atoms. The predicted molar refractivity (Wildman–Crippen MR) is 136 cm³/mol. The molecular formula is C26H30ClFN6O. The molecule has 0 N–H and O–H groups in total. The molecule has 2 aromatic heterocycles. The zero-order chi connectivity index (χ0) is 25.3. The monoisotopic (exact) mass is 496 g/mol. The second kappa shape index (κ2) is 10.3. The Morgan fingerprint density at radius 2 is 1.89 bits per heavy atom. The average molecular weight is 497 g/mol. The minimum absolute atomic E-state index is 0.0394. The van der Waals surface area contributed by atoms with Gasteiger partial charge in [0.05, 0.1) is 5.52 Å². The van der Waals surface area contributed by atoms with Gasteiger partial charge in [0.2, 0.25) is 0 Å². The number of hydrogen-bond donors (Lipinski definition) is 0. The number of nitrogens with zero attached hydrogens (tertiary/aromatic N) is 6. The number of rotatable bonds is 6. The standard InChI is InChI=1S/C26H30ClFN6O/c1-5-18-15-34(25-24-23(32(4)26(35)31-25)11-9-17(13-29)30-24)19(6-2)14-33(18)22(7-3)20-10-8-16(27)12-21(20)28/h8-12,18-19,22H,5-7,14-15H2,1-4H3/t18-,19?,22?/m1/s1. The summed E-state index contributed by atoms with van der Waals surface area (Å²) in [5, 5.41) is 9.80. The Balaban J connectivity index is 1.78. The van der Waals surface area contributed by atoms with Gasteiger partial charge in [0.1, 0.15) is 23.1 Å². The van der Waals surface area contributed by atoms with Crippen molar-refractivity contribution >= 4 is 28.5 Å². The highest BCUT2D eigenvalue weighted by Gasteiger charge is 2.38. The SMILES string of the molecule is CCC1CN(C(CC)c2ccc(Cl)cc2F)[C@H](CC)CN1c1nc(=O)n(C)c2ccc(C#N)nc12. The number of anilines is 1. The summed E-state index contributed by atoms with van der Waals surface area (Å²) >= 11 is 6.01. The van der Waals surface area contributed by atoms with Gasteiger partial charge in [-0.2, -0.15) is 10.2 Å². The van der Waals surface area contributed by atoms with E-state index < -0.39 is 0 Å². The fourth-order valence-corrected chi connectivity index (χ4v) is 5.36. The van der Waals surface area contributed by atoms with Crippen molar-refractivity contribution in [3.05, 3.63) is 62.9 Å². The lowest BCUT2D eigenvalue weighted by molar-refractivity contribution is 0.0877. The molecule has 184 valence electrons. The summed E-state index contributed by atoms with van der Waals surface area (Å²) < 4.78 is 16.4. The van der Waals surface area contributed by atoms with Gasteiger partial charge >= 0.3 is 5.69 Å². The van der Waals surface area contributed by atoms with Crippen LogP contribution in [0.25, 0.3) is 11.0 Å². The molecule has 3 heterocycles. The topological polar surface area (TPSA) is 78.0 Å². The minimum atomic E-state index is -0.362.